The third-order valence-electron chi connectivity index (χ3n) is 3.66. The number of thioether (sulfide) groups is 1. The summed E-state index contributed by atoms with van der Waals surface area (Å²) in [5.74, 6) is 7.31. The number of nitrogens with one attached hydrogen (secondary N) is 1. The summed E-state index contributed by atoms with van der Waals surface area (Å²) < 4.78 is 6.54. The topological polar surface area (TPSA) is 95.1 Å². The van der Waals surface area contributed by atoms with Crippen LogP contribution in [-0.4, -0.2) is 33.6 Å². The van der Waals surface area contributed by atoms with Crippen molar-refractivity contribution in [3.8, 4) is 17.1 Å². The van der Waals surface area contributed by atoms with Crippen LogP contribution in [0.15, 0.2) is 53.7 Å². The number of anilines is 1. The van der Waals surface area contributed by atoms with Gasteiger partial charge in [-0.05, 0) is 19.1 Å². The number of aromatic nitrogens is 3. The van der Waals surface area contributed by atoms with Gasteiger partial charge in [-0.15, -0.1) is 10.2 Å². The second kappa shape index (κ2) is 7.92. The summed E-state index contributed by atoms with van der Waals surface area (Å²) in [4.78, 5) is 12.1. The van der Waals surface area contributed by atoms with Gasteiger partial charge < -0.3 is 15.9 Å². The van der Waals surface area contributed by atoms with Crippen molar-refractivity contribution in [1.82, 2.24) is 14.9 Å². The molecular formula is C18H19N5O2S. The van der Waals surface area contributed by atoms with Crippen LogP contribution >= 0.6 is 11.8 Å². The molecule has 0 aliphatic rings. The monoisotopic (exact) mass is 369 g/mol. The minimum atomic E-state index is -0.164. The number of carbonyl (C=O) groups excluding carboxylic acids is 1. The standard InChI is InChI=1S/C18H19N5O2S/c1-12-6-8-13(9-7-12)17-21-22-18(23(17)19)26-11-16(24)20-14-4-3-5-15(10-14)25-2/h3-10H,11,19H2,1-2H3,(H,20,24). The number of carbonyl (C=O) groups is 1. The van der Waals surface area contributed by atoms with Gasteiger partial charge in [-0.25, -0.2) is 4.68 Å². The van der Waals surface area contributed by atoms with Crippen LogP contribution in [0.4, 0.5) is 5.69 Å². The number of aryl methyl sites for hydroxylation is 1. The summed E-state index contributed by atoms with van der Waals surface area (Å²) in [5, 5.41) is 11.5. The Morgan fingerprint density at radius 2 is 2.00 bits per heavy atom. The highest BCUT2D eigenvalue weighted by molar-refractivity contribution is 7.99. The lowest BCUT2D eigenvalue weighted by Gasteiger charge is -2.07. The number of hydrogen-bond donors (Lipinski definition) is 2. The molecule has 8 heteroatoms. The number of methoxy groups -OCH3 is 1. The molecule has 0 spiro atoms. The van der Waals surface area contributed by atoms with E-state index in [9.17, 15) is 4.79 Å². The van der Waals surface area contributed by atoms with Gasteiger partial charge in [-0.2, -0.15) is 0 Å². The lowest BCUT2D eigenvalue weighted by Crippen LogP contribution is -2.16. The van der Waals surface area contributed by atoms with Crippen LogP contribution in [0.5, 0.6) is 5.75 Å². The van der Waals surface area contributed by atoms with E-state index in [1.54, 1.807) is 19.2 Å². The predicted octanol–water partition coefficient (Wildman–Crippen LogP) is 2.71. The van der Waals surface area contributed by atoms with Gasteiger partial charge in [0.25, 0.3) is 0 Å². The molecule has 1 amide bonds. The highest BCUT2D eigenvalue weighted by Crippen LogP contribution is 2.22. The van der Waals surface area contributed by atoms with Crippen LogP contribution in [0.1, 0.15) is 5.56 Å². The SMILES string of the molecule is COc1cccc(NC(=O)CSc2nnc(-c3ccc(C)cc3)n2N)c1. The van der Waals surface area contributed by atoms with E-state index in [-0.39, 0.29) is 11.7 Å². The minimum absolute atomic E-state index is 0.164. The summed E-state index contributed by atoms with van der Waals surface area (Å²) in [7, 11) is 1.58. The Labute approximate surface area is 155 Å². The Bertz CT molecular complexity index is 908. The number of benzene rings is 2. The van der Waals surface area contributed by atoms with Gasteiger partial charge in [-0.1, -0.05) is 47.7 Å². The first-order chi connectivity index (χ1) is 12.6. The lowest BCUT2D eigenvalue weighted by molar-refractivity contribution is -0.113. The maximum absolute atomic E-state index is 12.1. The first kappa shape index (κ1) is 17.8. The molecule has 1 aromatic heterocycles. The van der Waals surface area contributed by atoms with E-state index in [0.29, 0.717) is 22.4 Å². The Hall–Kier alpha value is -3.00. The van der Waals surface area contributed by atoms with Crippen molar-refractivity contribution in [2.75, 3.05) is 24.0 Å². The van der Waals surface area contributed by atoms with Gasteiger partial charge in [0.15, 0.2) is 5.82 Å². The number of nitrogens with zero attached hydrogens (tertiary/aromatic N) is 3. The lowest BCUT2D eigenvalue weighted by atomic mass is 10.1. The summed E-state index contributed by atoms with van der Waals surface area (Å²) in [5.41, 5.74) is 2.70. The largest absolute Gasteiger partial charge is 0.497 e. The molecule has 134 valence electrons. The van der Waals surface area contributed by atoms with E-state index < -0.39 is 0 Å². The predicted molar refractivity (Wildman–Crippen MR) is 103 cm³/mol. The summed E-state index contributed by atoms with van der Waals surface area (Å²) in [6, 6.07) is 15.0. The third kappa shape index (κ3) is 4.15. The molecular weight excluding hydrogens is 350 g/mol. The zero-order chi connectivity index (χ0) is 18.5. The highest BCUT2D eigenvalue weighted by Gasteiger charge is 2.14. The molecule has 7 nitrogen and oxygen atoms in total. The number of nitrogen functional groups attached to an aromatic ring is 1. The van der Waals surface area contributed by atoms with Crippen molar-refractivity contribution in [2.45, 2.75) is 12.1 Å². The molecule has 0 radical (unpaired) electrons. The molecule has 0 aliphatic carbocycles. The fourth-order valence-corrected chi connectivity index (χ4v) is 2.96. The second-order valence-corrected chi connectivity index (χ2v) is 6.55. The van der Waals surface area contributed by atoms with Crippen molar-refractivity contribution in [2.24, 2.45) is 0 Å². The molecule has 0 unspecified atom stereocenters. The fraction of sp³-hybridized carbons (Fsp3) is 0.167. The van der Waals surface area contributed by atoms with Crippen LogP contribution in [0, 0.1) is 6.92 Å². The van der Waals surface area contributed by atoms with Crippen LogP contribution in [-0.2, 0) is 4.79 Å². The Kier molecular flexibility index (Phi) is 5.43. The molecule has 2 aromatic carbocycles. The van der Waals surface area contributed by atoms with Crippen molar-refractivity contribution >= 4 is 23.4 Å². The van der Waals surface area contributed by atoms with E-state index in [2.05, 4.69) is 15.5 Å². The molecule has 0 bridgehead atoms. The number of amides is 1. The molecule has 0 aliphatic heterocycles. The van der Waals surface area contributed by atoms with E-state index in [1.165, 1.54) is 16.4 Å². The van der Waals surface area contributed by atoms with E-state index >= 15 is 0 Å². The molecule has 0 fully saturated rings. The van der Waals surface area contributed by atoms with Gasteiger partial charge in [-0.3, -0.25) is 4.79 Å². The summed E-state index contributed by atoms with van der Waals surface area (Å²) in [6.45, 7) is 2.01. The minimum Gasteiger partial charge on any atom is -0.497 e. The van der Waals surface area contributed by atoms with Crippen molar-refractivity contribution in [3.63, 3.8) is 0 Å². The average Bonchev–Trinajstić information content (AvgIpc) is 3.01. The smallest absolute Gasteiger partial charge is 0.234 e. The van der Waals surface area contributed by atoms with E-state index in [4.69, 9.17) is 10.6 Å². The average molecular weight is 369 g/mol. The number of hydrogen-bond acceptors (Lipinski definition) is 6. The van der Waals surface area contributed by atoms with Gasteiger partial charge in [0.1, 0.15) is 5.75 Å². The van der Waals surface area contributed by atoms with E-state index in [0.717, 1.165) is 11.1 Å². The first-order valence-electron chi connectivity index (χ1n) is 7.91. The van der Waals surface area contributed by atoms with Crippen LogP contribution < -0.4 is 15.9 Å². The molecule has 0 saturated carbocycles. The molecule has 1 heterocycles. The maximum Gasteiger partial charge on any atom is 0.234 e. The van der Waals surface area contributed by atoms with Gasteiger partial charge in [0.2, 0.25) is 11.1 Å². The number of ether oxygens (including phenoxy) is 1. The van der Waals surface area contributed by atoms with Crippen LogP contribution in [0.2, 0.25) is 0 Å². The summed E-state index contributed by atoms with van der Waals surface area (Å²) >= 11 is 1.22. The third-order valence-corrected chi connectivity index (χ3v) is 4.60. The normalized spacial score (nSPS) is 10.5. The fourth-order valence-electron chi connectivity index (χ4n) is 2.30. The zero-order valence-corrected chi connectivity index (χ0v) is 15.3. The van der Waals surface area contributed by atoms with Crippen molar-refractivity contribution in [3.05, 3.63) is 54.1 Å². The summed E-state index contributed by atoms with van der Waals surface area (Å²) in [6.07, 6.45) is 0. The quantitative estimate of drug-likeness (QED) is 0.512. The molecule has 3 aromatic rings. The molecule has 0 atom stereocenters. The second-order valence-electron chi connectivity index (χ2n) is 5.61. The molecule has 26 heavy (non-hydrogen) atoms. The van der Waals surface area contributed by atoms with Gasteiger partial charge >= 0.3 is 0 Å². The number of rotatable bonds is 6. The van der Waals surface area contributed by atoms with E-state index in [1.807, 2.05) is 43.3 Å². The van der Waals surface area contributed by atoms with Crippen molar-refractivity contribution < 1.29 is 9.53 Å². The Morgan fingerprint density at radius 1 is 1.23 bits per heavy atom. The Morgan fingerprint density at radius 3 is 2.73 bits per heavy atom. The highest BCUT2D eigenvalue weighted by atomic mass is 32.2. The molecule has 3 N–H and O–H groups in total. The maximum atomic E-state index is 12.1. The number of nitrogens with two attached hydrogens (primary N) is 1. The zero-order valence-electron chi connectivity index (χ0n) is 14.5. The van der Waals surface area contributed by atoms with Crippen LogP contribution in [0.3, 0.4) is 0 Å². The van der Waals surface area contributed by atoms with Crippen LogP contribution in [0.25, 0.3) is 11.4 Å². The Balaban J connectivity index is 1.62. The van der Waals surface area contributed by atoms with Gasteiger partial charge in [0.05, 0.1) is 12.9 Å². The van der Waals surface area contributed by atoms with Gasteiger partial charge in [0, 0.05) is 17.3 Å². The molecule has 0 saturated heterocycles. The molecule has 3 rings (SSSR count). The first-order valence-corrected chi connectivity index (χ1v) is 8.89. The van der Waals surface area contributed by atoms with Crippen molar-refractivity contribution in [1.29, 1.82) is 0 Å².